The lowest BCUT2D eigenvalue weighted by molar-refractivity contribution is 0.159. The third-order valence-electron chi connectivity index (χ3n) is 1.77. The molecule has 0 aliphatic rings. The zero-order chi connectivity index (χ0) is 12.5. The predicted molar refractivity (Wildman–Crippen MR) is 67.4 cm³/mol. The first-order valence-electron chi connectivity index (χ1n) is 5.05. The zero-order valence-electron chi connectivity index (χ0n) is 9.40. The number of amides is 1. The molecule has 0 bridgehead atoms. The normalized spacial score (nSPS) is 9.18. The van der Waals surface area contributed by atoms with Crippen molar-refractivity contribution in [1.29, 1.82) is 5.26 Å². The molecule has 0 fully saturated rings. The average molecular weight is 251 g/mol. The van der Waals surface area contributed by atoms with Gasteiger partial charge in [0.2, 0.25) is 0 Å². The Morgan fingerprint density at radius 3 is 3.12 bits per heavy atom. The Balaban J connectivity index is 2.27. The van der Waals surface area contributed by atoms with Crippen LogP contribution in [0.25, 0.3) is 0 Å². The SMILES string of the molecule is CCOC(=O)NSCNc1cccc(C#N)c1. The molecule has 0 aliphatic carbocycles. The van der Waals surface area contributed by atoms with Crippen molar-refractivity contribution in [3.63, 3.8) is 0 Å². The number of rotatable bonds is 5. The van der Waals surface area contributed by atoms with Gasteiger partial charge in [-0.25, -0.2) is 4.79 Å². The van der Waals surface area contributed by atoms with Gasteiger partial charge < -0.3 is 10.1 Å². The van der Waals surface area contributed by atoms with E-state index in [9.17, 15) is 4.79 Å². The highest BCUT2D eigenvalue weighted by Gasteiger charge is 1.99. The van der Waals surface area contributed by atoms with Crippen LogP contribution in [0.4, 0.5) is 10.5 Å². The second-order valence-electron chi connectivity index (χ2n) is 2.98. The molecule has 0 aromatic heterocycles. The van der Waals surface area contributed by atoms with E-state index >= 15 is 0 Å². The second-order valence-corrected chi connectivity index (χ2v) is 3.76. The minimum atomic E-state index is -0.454. The largest absolute Gasteiger partial charge is 0.449 e. The fraction of sp³-hybridized carbons (Fsp3) is 0.273. The van der Waals surface area contributed by atoms with Crippen LogP contribution in [0.2, 0.25) is 0 Å². The molecule has 1 amide bonds. The summed E-state index contributed by atoms with van der Waals surface area (Å²) in [6, 6.07) is 9.18. The van der Waals surface area contributed by atoms with Gasteiger partial charge >= 0.3 is 6.09 Å². The van der Waals surface area contributed by atoms with E-state index in [-0.39, 0.29) is 0 Å². The molecule has 0 spiro atoms. The Labute approximate surface area is 104 Å². The number of nitriles is 1. The van der Waals surface area contributed by atoms with Crippen LogP contribution >= 0.6 is 11.9 Å². The molecule has 1 rings (SSSR count). The van der Waals surface area contributed by atoms with E-state index in [0.29, 0.717) is 18.0 Å². The van der Waals surface area contributed by atoms with Crippen LogP contribution in [0.3, 0.4) is 0 Å². The number of nitrogens with zero attached hydrogens (tertiary/aromatic N) is 1. The van der Waals surface area contributed by atoms with Gasteiger partial charge in [0.15, 0.2) is 0 Å². The van der Waals surface area contributed by atoms with E-state index in [1.54, 1.807) is 25.1 Å². The Morgan fingerprint density at radius 2 is 2.41 bits per heavy atom. The van der Waals surface area contributed by atoms with Gasteiger partial charge in [-0.05, 0) is 37.1 Å². The number of ether oxygens (including phenoxy) is 1. The van der Waals surface area contributed by atoms with E-state index < -0.39 is 6.09 Å². The molecule has 0 unspecified atom stereocenters. The molecular weight excluding hydrogens is 238 g/mol. The van der Waals surface area contributed by atoms with Crippen molar-refractivity contribution in [2.45, 2.75) is 6.92 Å². The molecule has 0 saturated carbocycles. The van der Waals surface area contributed by atoms with Crippen molar-refractivity contribution in [2.75, 3.05) is 17.8 Å². The minimum Gasteiger partial charge on any atom is -0.449 e. The van der Waals surface area contributed by atoms with Gasteiger partial charge in [-0.3, -0.25) is 4.72 Å². The quantitative estimate of drug-likeness (QED) is 0.477. The average Bonchev–Trinajstić information content (AvgIpc) is 2.35. The second kappa shape index (κ2) is 7.41. The number of hydrogen-bond donors (Lipinski definition) is 2. The lowest BCUT2D eigenvalue weighted by Crippen LogP contribution is -2.18. The van der Waals surface area contributed by atoms with Crippen LogP contribution in [-0.4, -0.2) is 18.6 Å². The van der Waals surface area contributed by atoms with Crippen molar-refractivity contribution < 1.29 is 9.53 Å². The number of nitrogens with one attached hydrogen (secondary N) is 2. The fourth-order valence-corrected chi connectivity index (χ4v) is 1.56. The molecule has 1 aromatic rings. The van der Waals surface area contributed by atoms with Gasteiger partial charge in [-0.1, -0.05) is 6.07 Å². The standard InChI is InChI=1S/C11H13N3O2S/c1-2-16-11(15)14-17-8-13-10-5-3-4-9(6-10)7-12/h3-6,13H,2,8H2,1H3,(H,14,15). The molecule has 0 radical (unpaired) electrons. The first-order valence-corrected chi connectivity index (χ1v) is 6.03. The summed E-state index contributed by atoms with van der Waals surface area (Å²) >= 11 is 1.19. The van der Waals surface area contributed by atoms with Gasteiger partial charge in [0, 0.05) is 5.69 Å². The zero-order valence-corrected chi connectivity index (χ0v) is 10.2. The summed E-state index contributed by atoms with van der Waals surface area (Å²) < 4.78 is 7.20. The third-order valence-corrected chi connectivity index (χ3v) is 2.37. The van der Waals surface area contributed by atoms with Crippen molar-refractivity contribution in [3.8, 4) is 6.07 Å². The van der Waals surface area contributed by atoms with Crippen LogP contribution in [0.1, 0.15) is 12.5 Å². The highest BCUT2D eigenvalue weighted by Crippen LogP contribution is 2.10. The third kappa shape index (κ3) is 5.13. The molecule has 0 saturated heterocycles. The molecule has 17 heavy (non-hydrogen) atoms. The number of carbonyl (C=O) groups is 1. The van der Waals surface area contributed by atoms with Gasteiger partial charge in [0.25, 0.3) is 0 Å². The summed E-state index contributed by atoms with van der Waals surface area (Å²) in [4.78, 5) is 10.9. The Kier molecular flexibility index (Phi) is 5.75. The highest BCUT2D eigenvalue weighted by atomic mass is 32.2. The lowest BCUT2D eigenvalue weighted by Gasteiger charge is -2.07. The molecular formula is C11H13N3O2S. The molecule has 90 valence electrons. The topological polar surface area (TPSA) is 74.2 Å². The minimum absolute atomic E-state index is 0.351. The van der Waals surface area contributed by atoms with Gasteiger partial charge in [-0.2, -0.15) is 5.26 Å². The van der Waals surface area contributed by atoms with E-state index in [4.69, 9.17) is 5.26 Å². The van der Waals surface area contributed by atoms with Crippen LogP contribution in [0.15, 0.2) is 24.3 Å². The van der Waals surface area contributed by atoms with Gasteiger partial charge in [-0.15, -0.1) is 0 Å². The maximum absolute atomic E-state index is 10.9. The molecule has 0 atom stereocenters. The van der Waals surface area contributed by atoms with Crippen molar-refractivity contribution in [1.82, 2.24) is 4.72 Å². The van der Waals surface area contributed by atoms with E-state index in [2.05, 4.69) is 20.8 Å². The highest BCUT2D eigenvalue weighted by molar-refractivity contribution is 7.97. The monoisotopic (exact) mass is 251 g/mol. The Morgan fingerprint density at radius 1 is 1.59 bits per heavy atom. The summed E-state index contributed by atoms with van der Waals surface area (Å²) in [6.07, 6.45) is -0.454. The van der Waals surface area contributed by atoms with E-state index in [1.165, 1.54) is 11.9 Å². The number of carbonyl (C=O) groups excluding carboxylic acids is 1. The molecule has 0 heterocycles. The number of hydrogen-bond acceptors (Lipinski definition) is 5. The van der Waals surface area contributed by atoms with Crippen LogP contribution in [0, 0.1) is 11.3 Å². The lowest BCUT2D eigenvalue weighted by atomic mass is 10.2. The number of benzene rings is 1. The Hall–Kier alpha value is -1.87. The fourth-order valence-electron chi connectivity index (χ4n) is 1.07. The summed E-state index contributed by atoms with van der Waals surface area (Å²) in [6.45, 7) is 2.10. The first kappa shape index (κ1) is 13.2. The van der Waals surface area contributed by atoms with Crippen molar-refractivity contribution in [3.05, 3.63) is 29.8 Å². The van der Waals surface area contributed by atoms with E-state index in [1.807, 2.05) is 6.07 Å². The molecule has 1 aromatic carbocycles. The maximum Gasteiger partial charge on any atom is 0.417 e. The first-order chi connectivity index (χ1) is 8.26. The summed E-state index contributed by atoms with van der Waals surface area (Å²) in [7, 11) is 0. The molecule has 2 N–H and O–H groups in total. The van der Waals surface area contributed by atoms with Crippen LogP contribution in [0.5, 0.6) is 0 Å². The molecule has 0 aliphatic heterocycles. The maximum atomic E-state index is 10.9. The summed E-state index contributed by atoms with van der Waals surface area (Å²) in [5, 5.41) is 11.8. The van der Waals surface area contributed by atoms with Crippen molar-refractivity contribution in [2.24, 2.45) is 0 Å². The number of anilines is 1. The van der Waals surface area contributed by atoms with E-state index in [0.717, 1.165) is 5.69 Å². The van der Waals surface area contributed by atoms with Crippen LogP contribution in [-0.2, 0) is 4.74 Å². The summed E-state index contributed by atoms with van der Waals surface area (Å²) in [5.74, 6) is 0.494. The molecule has 6 heteroatoms. The summed E-state index contributed by atoms with van der Waals surface area (Å²) in [5.41, 5.74) is 1.43. The smallest absolute Gasteiger partial charge is 0.417 e. The molecule has 5 nitrogen and oxygen atoms in total. The van der Waals surface area contributed by atoms with Crippen molar-refractivity contribution >= 4 is 23.7 Å². The van der Waals surface area contributed by atoms with Gasteiger partial charge in [0.05, 0.1) is 24.1 Å². The predicted octanol–water partition coefficient (Wildman–Crippen LogP) is 2.32. The van der Waals surface area contributed by atoms with Crippen LogP contribution < -0.4 is 10.0 Å². The van der Waals surface area contributed by atoms with Gasteiger partial charge in [0.1, 0.15) is 0 Å². The Bertz CT molecular complexity index is 417.